The molecule has 0 bridgehead atoms. The zero-order chi connectivity index (χ0) is 13.0. The van der Waals surface area contributed by atoms with E-state index in [-0.39, 0.29) is 18.4 Å². The summed E-state index contributed by atoms with van der Waals surface area (Å²) in [5, 5.41) is 12.0. The van der Waals surface area contributed by atoms with E-state index in [0.29, 0.717) is 5.56 Å². The lowest BCUT2D eigenvalue weighted by Gasteiger charge is -2.16. The second-order valence-corrected chi connectivity index (χ2v) is 4.63. The number of nitrogens with one attached hydrogen (secondary N) is 1. The molecule has 1 rings (SSSR count). The van der Waals surface area contributed by atoms with E-state index in [2.05, 4.69) is 21.2 Å². The number of aliphatic hydroxyl groups is 1. The molecule has 1 amide bonds. The Kier molecular flexibility index (Phi) is 5.04. The van der Waals surface area contributed by atoms with Gasteiger partial charge in [-0.25, -0.2) is 4.39 Å². The first-order chi connectivity index (χ1) is 7.91. The molecular formula is C11H14BrFN2O2. The lowest BCUT2D eigenvalue weighted by Crippen LogP contribution is -2.38. The van der Waals surface area contributed by atoms with E-state index in [4.69, 9.17) is 5.73 Å². The molecule has 0 saturated carbocycles. The zero-order valence-corrected chi connectivity index (χ0v) is 10.9. The number of carbonyl (C=O) groups is 1. The molecule has 4 nitrogen and oxygen atoms in total. The van der Waals surface area contributed by atoms with Crippen LogP contribution in [0.3, 0.4) is 0 Å². The van der Waals surface area contributed by atoms with Crippen LogP contribution in [0.2, 0.25) is 0 Å². The van der Waals surface area contributed by atoms with Crippen molar-refractivity contribution in [3.8, 4) is 0 Å². The first-order valence-electron chi connectivity index (χ1n) is 5.07. The maximum atomic E-state index is 13.5. The maximum Gasteiger partial charge on any atom is 0.247 e. The molecule has 0 radical (unpaired) electrons. The molecule has 17 heavy (non-hydrogen) atoms. The Hall–Kier alpha value is -0.980. The molecule has 2 unspecified atom stereocenters. The number of carbonyl (C=O) groups excluding carboxylic acids is 1. The summed E-state index contributed by atoms with van der Waals surface area (Å²) in [6, 6.07) is 4.26. The average Bonchev–Trinajstić information content (AvgIpc) is 2.28. The molecular weight excluding hydrogens is 291 g/mol. The van der Waals surface area contributed by atoms with Gasteiger partial charge >= 0.3 is 0 Å². The minimum Gasteiger partial charge on any atom is -0.382 e. The number of aliphatic hydroxyl groups excluding tert-OH is 1. The van der Waals surface area contributed by atoms with E-state index < -0.39 is 12.0 Å². The van der Waals surface area contributed by atoms with E-state index >= 15 is 0 Å². The van der Waals surface area contributed by atoms with Gasteiger partial charge in [-0.2, -0.15) is 0 Å². The van der Waals surface area contributed by atoms with Gasteiger partial charge in [0.05, 0.1) is 0 Å². The Balaban J connectivity index is 2.66. The fourth-order valence-corrected chi connectivity index (χ4v) is 1.72. The van der Waals surface area contributed by atoms with Gasteiger partial charge in [0.25, 0.3) is 0 Å². The summed E-state index contributed by atoms with van der Waals surface area (Å²) < 4.78 is 14.3. The summed E-state index contributed by atoms with van der Waals surface area (Å²) in [7, 11) is 0. The molecule has 0 aromatic heterocycles. The van der Waals surface area contributed by atoms with Crippen molar-refractivity contribution in [2.45, 2.75) is 19.1 Å². The molecule has 0 aliphatic rings. The van der Waals surface area contributed by atoms with Gasteiger partial charge in [0.2, 0.25) is 5.91 Å². The van der Waals surface area contributed by atoms with Crippen LogP contribution in [0, 0.1) is 5.82 Å². The van der Waals surface area contributed by atoms with Crippen molar-refractivity contribution in [2.75, 3.05) is 6.54 Å². The number of benzene rings is 1. The predicted octanol–water partition coefficient (Wildman–Crippen LogP) is 1.09. The fourth-order valence-electron chi connectivity index (χ4n) is 1.35. The van der Waals surface area contributed by atoms with Gasteiger partial charge in [-0.3, -0.25) is 4.79 Å². The van der Waals surface area contributed by atoms with Crippen molar-refractivity contribution in [1.29, 1.82) is 0 Å². The summed E-state index contributed by atoms with van der Waals surface area (Å²) in [5.41, 5.74) is 5.36. The third kappa shape index (κ3) is 4.07. The van der Waals surface area contributed by atoms with Gasteiger partial charge in [-0.05, 0) is 25.1 Å². The van der Waals surface area contributed by atoms with Gasteiger partial charge < -0.3 is 16.2 Å². The molecule has 4 N–H and O–H groups in total. The van der Waals surface area contributed by atoms with Crippen molar-refractivity contribution >= 4 is 21.8 Å². The highest BCUT2D eigenvalue weighted by Gasteiger charge is 2.15. The zero-order valence-electron chi connectivity index (χ0n) is 9.28. The second kappa shape index (κ2) is 6.09. The molecule has 1 aromatic carbocycles. The highest BCUT2D eigenvalue weighted by Crippen LogP contribution is 2.21. The average molecular weight is 305 g/mol. The topological polar surface area (TPSA) is 75.3 Å². The van der Waals surface area contributed by atoms with Crippen LogP contribution < -0.4 is 11.1 Å². The molecule has 6 heteroatoms. The third-order valence-electron chi connectivity index (χ3n) is 2.37. The molecule has 0 heterocycles. The normalized spacial score (nSPS) is 14.4. The minimum absolute atomic E-state index is 0.0115. The number of primary amides is 1. The largest absolute Gasteiger partial charge is 0.382 e. The van der Waals surface area contributed by atoms with Crippen molar-refractivity contribution in [1.82, 2.24) is 5.32 Å². The fraction of sp³-hybridized carbons (Fsp3) is 0.364. The first-order valence-corrected chi connectivity index (χ1v) is 5.87. The van der Waals surface area contributed by atoms with Crippen molar-refractivity contribution < 1.29 is 14.3 Å². The highest BCUT2D eigenvalue weighted by atomic mass is 79.9. The molecule has 0 aliphatic heterocycles. The van der Waals surface area contributed by atoms with E-state index in [1.807, 2.05) is 0 Å². The van der Waals surface area contributed by atoms with Gasteiger partial charge in [0.15, 0.2) is 0 Å². The van der Waals surface area contributed by atoms with Gasteiger partial charge in [0, 0.05) is 22.6 Å². The van der Waals surface area contributed by atoms with Crippen LogP contribution in [-0.2, 0) is 4.79 Å². The number of hydrogen-bond donors (Lipinski definition) is 3. The van der Waals surface area contributed by atoms with Gasteiger partial charge in [-0.15, -0.1) is 0 Å². The first kappa shape index (κ1) is 14.1. The van der Waals surface area contributed by atoms with Gasteiger partial charge in [0.1, 0.15) is 11.9 Å². The van der Waals surface area contributed by atoms with E-state index in [1.165, 1.54) is 6.07 Å². The van der Waals surface area contributed by atoms with E-state index in [0.717, 1.165) is 4.47 Å². The van der Waals surface area contributed by atoms with Crippen LogP contribution in [-0.4, -0.2) is 23.7 Å². The molecule has 0 spiro atoms. The Labute approximate surface area is 107 Å². The Morgan fingerprint density at radius 3 is 2.88 bits per heavy atom. The standard InChI is InChI=1S/C11H14BrFN2O2/c1-6(15-5-10(16)11(14)17)8-4-7(12)2-3-9(8)13/h2-4,6,10,15-16H,5H2,1H3,(H2,14,17). The van der Waals surface area contributed by atoms with E-state index in [9.17, 15) is 14.3 Å². The Morgan fingerprint density at radius 2 is 2.29 bits per heavy atom. The second-order valence-electron chi connectivity index (χ2n) is 3.71. The molecule has 0 fully saturated rings. The SMILES string of the molecule is CC(NCC(O)C(N)=O)c1cc(Br)ccc1F. The molecule has 0 aliphatic carbocycles. The number of amides is 1. The van der Waals surface area contributed by atoms with Crippen molar-refractivity contribution in [3.05, 3.63) is 34.1 Å². The highest BCUT2D eigenvalue weighted by molar-refractivity contribution is 9.10. The summed E-state index contributed by atoms with van der Waals surface area (Å²) in [5.74, 6) is -1.15. The minimum atomic E-state index is -1.27. The molecule has 2 atom stereocenters. The lowest BCUT2D eigenvalue weighted by atomic mass is 10.1. The number of halogens is 2. The predicted molar refractivity (Wildman–Crippen MR) is 65.7 cm³/mol. The maximum absolute atomic E-state index is 13.5. The van der Waals surface area contributed by atoms with Crippen molar-refractivity contribution in [2.24, 2.45) is 5.73 Å². The molecule has 1 aromatic rings. The van der Waals surface area contributed by atoms with Crippen LogP contribution in [0.15, 0.2) is 22.7 Å². The van der Waals surface area contributed by atoms with Crippen LogP contribution in [0.4, 0.5) is 4.39 Å². The summed E-state index contributed by atoms with van der Waals surface area (Å²) in [6.45, 7) is 1.72. The van der Waals surface area contributed by atoms with Crippen LogP contribution in [0.1, 0.15) is 18.5 Å². The summed E-state index contributed by atoms with van der Waals surface area (Å²) >= 11 is 3.25. The smallest absolute Gasteiger partial charge is 0.247 e. The number of nitrogens with two attached hydrogens (primary N) is 1. The van der Waals surface area contributed by atoms with Crippen molar-refractivity contribution in [3.63, 3.8) is 0 Å². The lowest BCUT2D eigenvalue weighted by molar-refractivity contribution is -0.125. The summed E-state index contributed by atoms with van der Waals surface area (Å²) in [6.07, 6.45) is -1.27. The van der Waals surface area contributed by atoms with Gasteiger partial charge in [-0.1, -0.05) is 15.9 Å². The molecule has 94 valence electrons. The van der Waals surface area contributed by atoms with Crippen LogP contribution in [0.5, 0.6) is 0 Å². The molecule has 0 saturated heterocycles. The summed E-state index contributed by atoms with van der Waals surface area (Å²) in [4.78, 5) is 10.6. The van der Waals surface area contributed by atoms with E-state index in [1.54, 1.807) is 19.1 Å². The Bertz CT molecular complexity index is 414. The van der Waals surface area contributed by atoms with Crippen LogP contribution >= 0.6 is 15.9 Å². The number of hydrogen-bond acceptors (Lipinski definition) is 3. The monoisotopic (exact) mass is 304 g/mol. The van der Waals surface area contributed by atoms with Crippen LogP contribution in [0.25, 0.3) is 0 Å². The number of rotatable bonds is 5. The Morgan fingerprint density at radius 1 is 1.65 bits per heavy atom. The quantitative estimate of drug-likeness (QED) is 0.762. The third-order valence-corrected chi connectivity index (χ3v) is 2.86.